The third-order valence-electron chi connectivity index (χ3n) is 3.31. The average molecular weight is 383 g/mol. The summed E-state index contributed by atoms with van der Waals surface area (Å²) in [5.74, 6) is 0.705. The van der Waals surface area contributed by atoms with Crippen molar-refractivity contribution in [2.75, 3.05) is 27.2 Å². The molecule has 1 amide bonds. The molecule has 0 bridgehead atoms. The van der Waals surface area contributed by atoms with Gasteiger partial charge in [-0.3, -0.25) is 4.79 Å². The second-order valence-electron chi connectivity index (χ2n) is 5.57. The molecular formula is C17H27BrN4O. The molecule has 0 aliphatic rings. The molecule has 1 aromatic carbocycles. The number of nitrogens with zero attached hydrogens (tertiary/aromatic N) is 2. The zero-order valence-corrected chi connectivity index (χ0v) is 15.8. The van der Waals surface area contributed by atoms with Crippen molar-refractivity contribution >= 4 is 27.8 Å². The van der Waals surface area contributed by atoms with E-state index in [1.54, 1.807) is 19.0 Å². The second-order valence-corrected chi connectivity index (χ2v) is 6.48. The highest BCUT2D eigenvalue weighted by molar-refractivity contribution is 9.10. The maximum absolute atomic E-state index is 11.7. The first kappa shape index (κ1) is 19.5. The van der Waals surface area contributed by atoms with Crippen LogP contribution in [0.3, 0.4) is 0 Å². The van der Waals surface area contributed by atoms with Gasteiger partial charge >= 0.3 is 0 Å². The number of hydrogen-bond donors (Lipinski definition) is 2. The minimum Gasteiger partial charge on any atom is -0.356 e. The van der Waals surface area contributed by atoms with Gasteiger partial charge in [-0.2, -0.15) is 0 Å². The van der Waals surface area contributed by atoms with Crippen LogP contribution in [0.1, 0.15) is 31.7 Å². The van der Waals surface area contributed by atoms with E-state index >= 15 is 0 Å². The average Bonchev–Trinajstić information content (AvgIpc) is 2.54. The van der Waals surface area contributed by atoms with Crippen molar-refractivity contribution in [3.8, 4) is 0 Å². The molecule has 23 heavy (non-hydrogen) atoms. The van der Waals surface area contributed by atoms with Gasteiger partial charge in [-0.1, -0.05) is 47.8 Å². The summed E-state index contributed by atoms with van der Waals surface area (Å²) in [7, 11) is 3.49. The molecule has 0 aromatic heterocycles. The van der Waals surface area contributed by atoms with E-state index in [1.165, 1.54) is 12.8 Å². The van der Waals surface area contributed by atoms with Crippen molar-refractivity contribution < 1.29 is 4.79 Å². The maximum Gasteiger partial charge on any atom is 0.241 e. The first-order valence-electron chi connectivity index (χ1n) is 7.99. The molecule has 0 fully saturated rings. The fourth-order valence-corrected chi connectivity index (χ4v) is 2.10. The van der Waals surface area contributed by atoms with Gasteiger partial charge in [0.2, 0.25) is 5.91 Å². The van der Waals surface area contributed by atoms with Crippen molar-refractivity contribution in [2.24, 2.45) is 4.99 Å². The van der Waals surface area contributed by atoms with Gasteiger partial charge < -0.3 is 15.5 Å². The lowest BCUT2D eigenvalue weighted by Crippen LogP contribution is -2.43. The van der Waals surface area contributed by atoms with Crippen LogP contribution in [0, 0.1) is 0 Å². The Kier molecular flexibility index (Phi) is 9.36. The van der Waals surface area contributed by atoms with E-state index in [0.717, 1.165) is 23.0 Å². The zero-order chi connectivity index (χ0) is 17.1. The first-order valence-corrected chi connectivity index (χ1v) is 8.79. The highest BCUT2D eigenvalue weighted by atomic mass is 79.9. The van der Waals surface area contributed by atoms with E-state index in [1.807, 2.05) is 24.3 Å². The highest BCUT2D eigenvalue weighted by Gasteiger charge is 2.05. The van der Waals surface area contributed by atoms with Crippen molar-refractivity contribution in [2.45, 2.75) is 32.7 Å². The Bertz CT molecular complexity index is 500. The van der Waals surface area contributed by atoms with E-state index in [9.17, 15) is 4.79 Å². The number of benzene rings is 1. The second kappa shape index (κ2) is 11.0. The molecular weight excluding hydrogens is 356 g/mol. The van der Waals surface area contributed by atoms with E-state index in [0.29, 0.717) is 12.5 Å². The van der Waals surface area contributed by atoms with Crippen LogP contribution in [0.5, 0.6) is 0 Å². The summed E-state index contributed by atoms with van der Waals surface area (Å²) in [6.45, 7) is 3.85. The standard InChI is InChI=1S/C17H27BrN4O/c1-4-5-6-11-19-17(21-13-16(23)22(2)3)20-12-14-7-9-15(18)10-8-14/h7-10H,4-6,11-13H2,1-3H3,(H2,19,20,21). The molecule has 128 valence electrons. The Morgan fingerprint density at radius 2 is 1.87 bits per heavy atom. The van der Waals surface area contributed by atoms with Crippen molar-refractivity contribution in [3.63, 3.8) is 0 Å². The Hall–Kier alpha value is -1.56. The summed E-state index contributed by atoms with van der Waals surface area (Å²) >= 11 is 3.43. The molecule has 0 saturated carbocycles. The van der Waals surface area contributed by atoms with Gasteiger partial charge in [0.15, 0.2) is 5.96 Å². The van der Waals surface area contributed by atoms with Gasteiger partial charge in [-0.15, -0.1) is 0 Å². The Morgan fingerprint density at radius 3 is 2.48 bits per heavy atom. The molecule has 0 aliphatic heterocycles. The largest absolute Gasteiger partial charge is 0.356 e. The quantitative estimate of drug-likeness (QED) is 0.412. The van der Waals surface area contributed by atoms with Crippen LogP contribution in [0.25, 0.3) is 0 Å². The molecule has 0 heterocycles. The van der Waals surface area contributed by atoms with Gasteiger partial charge in [-0.05, 0) is 24.1 Å². The van der Waals surface area contributed by atoms with Crippen LogP contribution in [0.4, 0.5) is 0 Å². The van der Waals surface area contributed by atoms with E-state index in [4.69, 9.17) is 0 Å². The monoisotopic (exact) mass is 382 g/mol. The predicted octanol–water partition coefficient (Wildman–Crippen LogP) is 2.76. The number of amides is 1. The highest BCUT2D eigenvalue weighted by Crippen LogP contribution is 2.11. The van der Waals surface area contributed by atoms with E-state index in [-0.39, 0.29) is 12.5 Å². The number of likely N-dealkylation sites (N-methyl/N-ethyl adjacent to an activating group) is 1. The summed E-state index contributed by atoms with van der Waals surface area (Å²) in [6, 6.07) is 8.07. The van der Waals surface area contributed by atoms with Crippen molar-refractivity contribution in [1.29, 1.82) is 0 Å². The number of halogens is 1. The fraction of sp³-hybridized carbons (Fsp3) is 0.529. The number of rotatable bonds is 8. The molecule has 1 rings (SSSR count). The van der Waals surface area contributed by atoms with Gasteiger partial charge in [0.1, 0.15) is 0 Å². The van der Waals surface area contributed by atoms with Gasteiger partial charge in [-0.25, -0.2) is 4.99 Å². The number of carbonyl (C=O) groups excluding carboxylic acids is 1. The molecule has 0 saturated heterocycles. The molecule has 0 radical (unpaired) electrons. The molecule has 2 N–H and O–H groups in total. The van der Waals surface area contributed by atoms with E-state index in [2.05, 4.69) is 38.5 Å². The van der Waals surface area contributed by atoms with E-state index < -0.39 is 0 Å². The summed E-state index contributed by atoms with van der Waals surface area (Å²) < 4.78 is 1.05. The summed E-state index contributed by atoms with van der Waals surface area (Å²) in [6.07, 6.45) is 3.46. The summed E-state index contributed by atoms with van der Waals surface area (Å²) in [4.78, 5) is 17.8. The lowest BCUT2D eigenvalue weighted by Gasteiger charge is -2.15. The maximum atomic E-state index is 11.7. The third-order valence-corrected chi connectivity index (χ3v) is 3.84. The third kappa shape index (κ3) is 8.59. The SMILES string of the molecule is CCCCCNC(=NCc1ccc(Br)cc1)NCC(=O)N(C)C. The van der Waals surface area contributed by atoms with Crippen LogP contribution in [0.2, 0.25) is 0 Å². The van der Waals surface area contributed by atoms with Gasteiger partial charge in [0, 0.05) is 25.1 Å². The number of aliphatic imine (C=N–C) groups is 1. The van der Waals surface area contributed by atoms with Crippen molar-refractivity contribution in [3.05, 3.63) is 34.3 Å². The topological polar surface area (TPSA) is 56.7 Å². The number of nitrogens with one attached hydrogen (secondary N) is 2. The lowest BCUT2D eigenvalue weighted by molar-refractivity contribution is -0.127. The molecule has 6 heteroatoms. The smallest absolute Gasteiger partial charge is 0.241 e. The van der Waals surface area contributed by atoms with Gasteiger partial charge in [0.05, 0.1) is 13.1 Å². The van der Waals surface area contributed by atoms with Crippen LogP contribution in [-0.2, 0) is 11.3 Å². The molecule has 1 aromatic rings. The Morgan fingerprint density at radius 1 is 1.17 bits per heavy atom. The molecule has 0 unspecified atom stereocenters. The normalized spacial score (nSPS) is 11.2. The van der Waals surface area contributed by atoms with Crippen LogP contribution in [0.15, 0.2) is 33.7 Å². The number of guanidine groups is 1. The molecule has 0 spiro atoms. The Labute approximate surface area is 147 Å². The number of unbranched alkanes of at least 4 members (excludes halogenated alkanes) is 2. The van der Waals surface area contributed by atoms with Gasteiger partial charge in [0.25, 0.3) is 0 Å². The molecule has 5 nitrogen and oxygen atoms in total. The van der Waals surface area contributed by atoms with Crippen LogP contribution < -0.4 is 10.6 Å². The van der Waals surface area contributed by atoms with Crippen molar-refractivity contribution in [1.82, 2.24) is 15.5 Å². The molecule has 0 atom stereocenters. The first-order chi connectivity index (χ1) is 11.0. The minimum atomic E-state index is 0.0247. The molecule has 0 aliphatic carbocycles. The lowest BCUT2D eigenvalue weighted by atomic mass is 10.2. The Balaban J connectivity index is 2.58. The summed E-state index contributed by atoms with van der Waals surface area (Å²) in [5, 5.41) is 6.39. The number of carbonyl (C=O) groups is 1. The minimum absolute atomic E-state index is 0.0247. The van der Waals surface area contributed by atoms with Crippen LogP contribution in [-0.4, -0.2) is 44.0 Å². The summed E-state index contributed by atoms with van der Waals surface area (Å²) in [5.41, 5.74) is 1.13. The zero-order valence-electron chi connectivity index (χ0n) is 14.2. The van der Waals surface area contributed by atoms with Crippen LogP contribution >= 0.6 is 15.9 Å². The fourth-order valence-electron chi connectivity index (χ4n) is 1.83. The number of hydrogen-bond acceptors (Lipinski definition) is 2. The predicted molar refractivity (Wildman–Crippen MR) is 99.5 cm³/mol.